The van der Waals surface area contributed by atoms with Gasteiger partial charge in [-0.15, -0.1) is 0 Å². The normalized spacial score (nSPS) is 15.9. The van der Waals surface area contributed by atoms with Gasteiger partial charge in [0, 0.05) is 0 Å². The SMILES string of the molecule is Cc1cc(C)cc([Si](c2cc(C)cc(C)c2)(c2cc(C)cc(C)c2)[C]2([Ti+3])C=CC=C2Cc2ccccc2)c1.[Cl-].[Cl-].[Cl-]. The zero-order valence-electron chi connectivity index (χ0n) is 24.7. The van der Waals surface area contributed by atoms with Crippen LogP contribution in [0.15, 0.2) is 109 Å². The standard InChI is InChI=1S/C36H37Si.3ClH.Ti/c1-25-15-26(2)19-33(18-25)37(34-20-27(3)16-28(4)21-34,35-22-29(5)17-30(6)23-35)36-14-10-13-32(36)24-31-11-8-7-9-12-31;;;;/h7-23H,24H2,1-6H3;3*1H;/q;;;;+3/p-3. The van der Waals surface area contributed by atoms with Gasteiger partial charge in [0.15, 0.2) is 0 Å². The molecule has 0 saturated carbocycles. The predicted octanol–water partition coefficient (Wildman–Crippen LogP) is -2.00. The fraction of sp³-hybridized carbons (Fsp3) is 0.222. The zero-order valence-corrected chi connectivity index (χ0v) is 29.5. The van der Waals surface area contributed by atoms with Gasteiger partial charge in [0.2, 0.25) is 0 Å². The average Bonchev–Trinajstić information content (AvgIpc) is 3.19. The molecule has 210 valence electrons. The third kappa shape index (κ3) is 6.72. The van der Waals surface area contributed by atoms with Crippen molar-refractivity contribution in [3.8, 4) is 0 Å². The third-order valence-electron chi connectivity index (χ3n) is 7.94. The molecule has 0 aromatic heterocycles. The number of allylic oxidation sites excluding steroid dienone is 4. The molecule has 41 heavy (non-hydrogen) atoms. The number of hydrogen-bond donors (Lipinski definition) is 0. The smallest absolute Gasteiger partial charge is 1.00 e. The van der Waals surface area contributed by atoms with E-state index >= 15 is 0 Å². The fourth-order valence-corrected chi connectivity index (χ4v) is 15.2. The molecular weight excluding hydrogens is 615 g/mol. The van der Waals surface area contributed by atoms with Crippen LogP contribution in [0.1, 0.15) is 38.9 Å². The maximum absolute atomic E-state index is 2.68. The first-order valence-electron chi connectivity index (χ1n) is 13.6. The summed E-state index contributed by atoms with van der Waals surface area (Å²) in [5.74, 6) is 0. The maximum atomic E-state index is 2.53. The van der Waals surface area contributed by atoms with Gasteiger partial charge in [-0.25, -0.2) is 0 Å². The summed E-state index contributed by atoms with van der Waals surface area (Å²) in [6.45, 7) is 13.5. The Labute approximate surface area is 278 Å². The molecule has 0 saturated heterocycles. The Morgan fingerprint density at radius 2 is 0.927 bits per heavy atom. The van der Waals surface area contributed by atoms with Crippen LogP contribution in [0.3, 0.4) is 0 Å². The second-order valence-corrected chi connectivity index (χ2v) is 17.4. The van der Waals surface area contributed by atoms with Crippen LogP contribution < -0.4 is 52.8 Å². The molecule has 0 fully saturated rings. The number of hydrogen-bond acceptors (Lipinski definition) is 0. The molecule has 0 nitrogen and oxygen atoms in total. The van der Waals surface area contributed by atoms with Crippen molar-refractivity contribution >= 4 is 23.6 Å². The van der Waals surface area contributed by atoms with Crippen LogP contribution in [0.25, 0.3) is 0 Å². The van der Waals surface area contributed by atoms with Crippen molar-refractivity contribution in [3.63, 3.8) is 0 Å². The van der Waals surface area contributed by atoms with Crippen molar-refractivity contribution in [2.24, 2.45) is 0 Å². The molecule has 0 bridgehead atoms. The number of benzene rings is 4. The minimum absolute atomic E-state index is 0. The van der Waals surface area contributed by atoms with Crippen LogP contribution in [0, 0.1) is 41.5 Å². The van der Waals surface area contributed by atoms with Crippen molar-refractivity contribution in [2.75, 3.05) is 0 Å². The summed E-state index contributed by atoms with van der Waals surface area (Å²) in [5.41, 5.74) is 10.9. The van der Waals surface area contributed by atoms with Crippen LogP contribution in [0.2, 0.25) is 3.34 Å². The first kappa shape index (κ1) is 35.4. The molecular formula is C36H37Cl3SiTi. The molecule has 5 heteroatoms. The Hall–Kier alpha value is -1.84. The average molecular weight is 652 g/mol. The monoisotopic (exact) mass is 650 g/mol. The number of rotatable bonds is 6. The first-order valence-corrected chi connectivity index (χ1v) is 16.3. The molecule has 0 radical (unpaired) electrons. The quantitative estimate of drug-likeness (QED) is 0.167. The first-order chi connectivity index (χ1) is 18.1. The van der Waals surface area contributed by atoms with Gasteiger partial charge in [0.1, 0.15) is 0 Å². The Bertz CT molecular complexity index is 1390. The summed E-state index contributed by atoms with van der Waals surface area (Å²) >= 11 is 2.53. The molecule has 4 aromatic rings. The van der Waals surface area contributed by atoms with Gasteiger partial charge in [-0.3, -0.25) is 0 Å². The Kier molecular flexibility index (Phi) is 12.1. The van der Waals surface area contributed by atoms with Gasteiger partial charge in [0.05, 0.1) is 0 Å². The van der Waals surface area contributed by atoms with Crippen LogP contribution in [0.5, 0.6) is 0 Å². The summed E-state index contributed by atoms with van der Waals surface area (Å²) in [4.78, 5) is 0. The summed E-state index contributed by atoms with van der Waals surface area (Å²) in [7, 11) is -2.68. The molecule has 1 unspecified atom stereocenters. The summed E-state index contributed by atoms with van der Waals surface area (Å²) in [5, 5.41) is 4.49. The Morgan fingerprint density at radius 3 is 1.29 bits per heavy atom. The Morgan fingerprint density at radius 1 is 0.561 bits per heavy atom. The Balaban J connectivity index is 0.00000196. The van der Waals surface area contributed by atoms with E-state index < -0.39 is 8.07 Å². The van der Waals surface area contributed by atoms with E-state index in [9.17, 15) is 0 Å². The topological polar surface area (TPSA) is 0 Å². The van der Waals surface area contributed by atoms with Crippen LogP contribution in [-0.2, 0) is 26.9 Å². The van der Waals surface area contributed by atoms with Crippen LogP contribution >= 0.6 is 0 Å². The van der Waals surface area contributed by atoms with Crippen LogP contribution in [0.4, 0.5) is 0 Å². The van der Waals surface area contributed by atoms with Crippen molar-refractivity contribution in [2.45, 2.75) is 51.3 Å². The molecule has 0 aliphatic heterocycles. The van der Waals surface area contributed by atoms with E-state index in [2.05, 4.69) is 165 Å². The largest absolute Gasteiger partial charge is 1.00 e. The van der Waals surface area contributed by atoms with Gasteiger partial charge < -0.3 is 37.2 Å². The molecule has 0 amide bonds. The zero-order chi connectivity index (χ0) is 27.1. The van der Waals surface area contributed by atoms with Gasteiger partial charge in [-0.1, -0.05) is 0 Å². The minimum Gasteiger partial charge on any atom is -1.00 e. The third-order valence-corrected chi connectivity index (χ3v) is 15.6. The van der Waals surface area contributed by atoms with E-state index in [0.29, 0.717) is 0 Å². The summed E-state index contributed by atoms with van der Waals surface area (Å²) in [6.07, 6.45) is 8.22. The van der Waals surface area contributed by atoms with E-state index in [-0.39, 0.29) is 40.6 Å². The van der Waals surface area contributed by atoms with Gasteiger partial charge in [-0.2, -0.15) is 0 Å². The van der Waals surface area contributed by atoms with Crippen molar-refractivity contribution in [3.05, 3.63) is 148 Å². The molecule has 0 heterocycles. The summed E-state index contributed by atoms with van der Waals surface area (Å²) in [6, 6.07) is 32.9. The molecule has 1 aliphatic rings. The van der Waals surface area contributed by atoms with E-state index in [1.165, 1.54) is 60.1 Å². The van der Waals surface area contributed by atoms with Crippen molar-refractivity contribution in [1.29, 1.82) is 0 Å². The minimum atomic E-state index is -2.68. The second kappa shape index (κ2) is 14.1. The second-order valence-electron chi connectivity index (χ2n) is 11.4. The number of halogens is 3. The van der Waals surface area contributed by atoms with Crippen molar-refractivity contribution < 1.29 is 57.7 Å². The van der Waals surface area contributed by atoms with Crippen LogP contribution in [-0.4, -0.2) is 8.07 Å². The fourth-order valence-electron chi connectivity index (χ4n) is 6.68. The molecule has 4 aromatic carbocycles. The molecule has 1 aliphatic carbocycles. The van der Waals surface area contributed by atoms with E-state index in [1.807, 2.05) is 0 Å². The van der Waals surface area contributed by atoms with E-state index in [1.54, 1.807) is 0 Å². The molecule has 0 N–H and O–H groups in total. The maximum Gasteiger partial charge on any atom is -1.00 e. The van der Waals surface area contributed by atoms with E-state index in [0.717, 1.165) is 6.42 Å². The molecule has 5 rings (SSSR count). The molecule has 0 spiro atoms. The summed E-state index contributed by atoms with van der Waals surface area (Å²) < 4.78 is -0.135. The molecule has 1 atom stereocenters. The predicted molar refractivity (Wildman–Crippen MR) is 162 cm³/mol. The van der Waals surface area contributed by atoms with Gasteiger partial charge in [0.25, 0.3) is 0 Å². The van der Waals surface area contributed by atoms with Gasteiger partial charge >= 0.3 is 243 Å². The van der Waals surface area contributed by atoms with Crippen molar-refractivity contribution in [1.82, 2.24) is 0 Å². The van der Waals surface area contributed by atoms with E-state index in [4.69, 9.17) is 0 Å². The van der Waals surface area contributed by atoms with Gasteiger partial charge in [-0.05, 0) is 0 Å². The number of aryl methyl sites for hydroxylation is 6.